The van der Waals surface area contributed by atoms with Crippen molar-refractivity contribution in [2.75, 3.05) is 7.11 Å². The Morgan fingerprint density at radius 1 is 1.13 bits per heavy atom. The number of halogens is 1. The summed E-state index contributed by atoms with van der Waals surface area (Å²) in [5.74, 6) is 1.58. The van der Waals surface area contributed by atoms with Gasteiger partial charge in [0.25, 0.3) is 5.56 Å². The fourth-order valence-corrected chi connectivity index (χ4v) is 4.64. The number of furan rings is 1. The number of hydrogen-bond donors (Lipinski definition) is 1. The average molecular weight is 531 g/mol. The van der Waals surface area contributed by atoms with Crippen molar-refractivity contribution in [3.63, 3.8) is 0 Å². The summed E-state index contributed by atoms with van der Waals surface area (Å²) in [6, 6.07) is 16.7. The van der Waals surface area contributed by atoms with E-state index in [1.807, 2.05) is 30.3 Å². The van der Waals surface area contributed by atoms with Crippen molar-refractivity contribution in [2.45, 2.75) is 51.9 Å². The molecule has 1 atom stereocenters. The molecule has 5 rings (SSSR count). The number of tetrazole rings is 1. The minimum Gasteiger partial charge on any atom is -0.497 e. The molecule has 0 unspecified atom stereocenters. The molecule has 0 spiro atoms. The van der Waals surface area contributed by atoms with Crippen molar-refractivity contribution < 1.29 is 13.5 Å². The summed E-state index contributed by atoms with van der Waals surface area (Å²) >= 11 is 0. The zero-order chi connectivity index (χ0) is 27.6. The molecule has 1 N–H and O–H groups in total. The summed E-state index contributed by atoms with van der Waals surface area (Å²) in [5, 5.41) is 13.6. The number of rotatable bonds is 10. The number of fused-ring (bicyclic) bond motifs is 1. The number of methoxy groups -OCH3 is 1. The Hall–Kier alpha value is -4.31. The highest BCUT2D eigenvalue weighted by atomic mass is 19.1. The van der Waals surface area contributed by atoms with E-state index in [1.54, 1.807) is 36.3 Å². The molecule has 3 aromatic heterocycles. The Morgan fingerprint density at radius 2 is 1.92 bits per heavy atom. The number of nitrogens with one attached hydrogen (secondary N) is 1. The lowest BCUT2D eigenvalue weighted by Crippen LogP contribution is -2.38. The van der Waals surface area contributed by atoms with Gasteiger partial charge in [-0.15, -0.1) is 5.10 Å². The first kappa shape index (κ1) is 26.3. The van der Waals surface area contributed by atoms with Gasteiger partial charge in [-0.2, -0.15) is 0 Å². The van der Waals surface area contributed by atoms with Crippen LogP contribution in [0.15, 0.2) is 76.1 Å². The minimum atomic E-state index is -0.666. The summed E-state index contributed by atoms with van der Waals surface area (Å²) in [7, 11) is 1.60. The molecular weight excluding hydrogens is 499 g/mol. The van der Waals surface area contributed by atoms with Gasteiger partial charge in [-0.1, -0.05) is 19.1 Å². The number of hydrogen-bond acceptors (Lipinski definition) is 7. The molecule has 0 aliphatic carbocycles. The molecule has 9 nitrogen and oxygen atoms in total. The standard InChI is InChI=1S/C29H31FN6O3/c1-5-29(2,3)36-27(32-33-34-36)26(24-16-20-15-22(38-4)12-13-25(20)31-28(24)37)35(18-23-7-6-14-39-23)17-19-8-10-21(30)11-9-19/h6-16,26H,5,17-18H2,1-4H3,(H,31,37)/t26-/m1/s1. The van der Waals surface area contributed by atoms with Crippen LogP contribution in [0, 0.1) is 5.82 Å². The molecule has 0 amide bonds. The normalized spacial score (nSPS) is 12.8. The molecular formula is C29H31FN6O3. The fourth-order valence-electron chi connectivity index (χ4n) is 4.64. The zero-order valence-electron chi connectivity index (χ0n) is 22.4. The van der Waals surface area contributed by atoms with Gasteiger partial charge in [0, 0.05) is 23.0 Å². The SMILES string of the molecule is CCC(C)(C)n1nnnc1[C@@H](c1cc2cc(OC)ccc2[nH]c1=O)N(Cc1ccc(F)cc1)Cc1ccco1. The Balaban J connectivity index is 1.73. The summed E-state index contributed by atoms with van der Waals surface area (Å²) < 4.78 is 26.7. The maximum atomic E-state index is 13.7. The molecule has 202 valence electrons. The molecule has 5 aromatic rings. The van der Waals surface area contributed by atoms with Gasteiger partial charge in [0.2, 0.25) is 0 Å². The number of aromatic amines is 1. The predicted octanol–water partition coefficient (Wildman–Crippen LogP) is 5.19. The molecule has 0 saturated carbocycles. The van der Waals surface area contributed by atoms with Crippen LogP contribution in [0.3, 0.4) is 0 Å². The minimum absolute atomic E-state index is 0.259. The lowest BCUT2D eigenvalue weighted by atomic mass is 9.98. The van der Waals surface area contributed by atoms with Gasteiger partial charge in [-0.05, 0) is 84.8 Å². The van der Waals surface area contributed by atoms with Crippen molar-refractivity contribution in [2.24, 2.45) is 0 Å². The quantitative estimate of drug-likeness (QED) is 0.265. The molecule has 0 aliphatic heterocycles. The van der Waals surface area contributed by atoms with Crippen molar-refractivity contribution >= 4 is 10.9 Å². The predicted molar refractivity (Wildman–Crippen MR) is 145 cm³/mol. The van der Waals surface area contributed by atoms with Gasteiger partial charge in [0.05, 0.1) is 25.5 Å². The maximum absolute atomic E-state index is 13.7. The number of pyridine rings is 1. The van der Waals surface area contributed by atoms with Crippen molar-refractivity contribution in [3.05, 3.63) is 106 Å². The molecule has 2 aromatic carbocycles. The third kappa shape index (κ3) is 5.46. The summed E-state index contributed by atoms with van der Waals surface area (Å²) in [6.45, 7) is 6.89. The largest absolute Gasteiger partial charge is 0.497 e. The van der Waals surface area contributed by atoms with E-state index < -0.39 is 11.6 Å². The van der Waals surface area contributed by atoms with Crippen LogP contribution in [-0.2, 0) is 18.6 Å². The van der Waals surface area contributed by atoms with Crippen LogP contribution in [0.2, 0.25) is 0 Å². The number of benzene rings is 2. The topological polar surface area (TPSA) is 102 Å². The number of H-pyrrole nitrogens is 1. The Bertz CT molecular complexity index is 1610. The maximum Gasteiger partial charge on any atom is 0.253 e. The first-order valence-corrected chi connectivity index (χ1v) is 12.8. The monoisotopic (exact) mass is 530 g/mol. The van der Waals surface area contributed by atoms with Gasteiger partial charge < -0.3 is 14.1 Å². The van der Waals surface area contributed by atoms with E-state index in [9.17, 15) is 9.18 Å². The number of nitrogens with zero attached hydrogens (tertiary/aromatic N) is 5. The Kier molecular flexibility index (Phi) is 7.30. The second-order valence-electron chi connectivity index (χ2n) is 10.1. The van der Waals surface area contributed by atoms with Crippen molar-refractivity contribution in [1.82, 2.24) is 30.1 Å². The van der Waals surface area contributed by atoms with E-state index in [-0.39, 0.29) is 11.4 Å². The lowest BCUT2D eigenvalue weighted by Gasteiger charge is -2.33. The van der Waals surface area contributed by atoms with E-state index in [0.29, 0.717) is 41.5 Å². The van der Waals surface area contributed by atoms with Crippen molar-refractivity contribution in [3.8, 4) is 5.75 Å². The summed E-state index contributed by atoms with van der Waals surface area (Å²) in [5.41, 5.74) is 1.34. The molecule has 0 fully saturated rings. The Labute approximate surface area is 225 Å². The van der Waals surface area contributed by atoms with Crippen LogP contribution in [0.4, 0.5) is 4.39 Å². The third-order valence-corrected chi connectivity index (χ3v) is 7.15. The molecule has 0 bridgehead atoms. The molecule has 39 heavy (non-hydrogen) atoms. The average Bonchev–Trinajstić information content (AvgIpc) is 3.63. The van der Waals surface area contributed by atoms with Crippen LogP contribution in [0.1, 0.15) is 55.9 Å². The van der Waals surface area contributed by atoms with Crippen LogP contribution in [0.5, 0.6) is 5.75 Å². The highest BCUT2D eigenvalue weighted by Gasteiger charge is 2.35. The van der Waals surface area contributed by atoms with E-state index in [1.165, 1.54) is 12.1 Å². The van der Waals surface area contributed by atoms with E-state index in [2.05, 4.69) is 46.2 Å². The van der Waals surface area contributed by atoms with Crippen LogP contribution in [0.25, 0.3) is 10.9 Å². The first-order chi connectivity index (χ1) is 18.8. The zero-order valence-corrected chi connectivity index (χ0v) is 22.4. The second kappa shape index (κ2) is 10.8. The van der Waals surface area contributed by atoms with Gasteiger partial charge in [-0.3, -0.25) is 9.69 Å². The Morgan fingerprint density at radius 3 is 2.62 bits per heavy atom. The molecule has 3 heterocycles. The number of aromatic nitrogens is 5. The highest BCUT2D eigenvalue weighted by Crippen LogP contribution is 2.33. The van der Waals surface area contributed by atoms with Gasteiger partial charge in [0.1, 0.15) is 23.4 Å². The lowest BCUT2D eigenvalue weighted by molar-refractivity contribution is 0.168. The molecule has 0 aliphatic rings. The highest BCUT2D eigenvalue weighted by molar-refractivity contribution is 5.80. The van der Waals surface area contributed by atoms with E-state index in [0.717, 1.165) is 17.4 Å². The van der Waals surface area contributed by atoms with Crippen molar-refractivity contribution in [1.29, 1.82) is 0 Å². The van der Waals surface area contributed by atoms with E-state index in [4.69, 9.17) is 9.15 Å². The van der Waals surface area contributed by atoms with E-state index >= 15 is 0 Å². The first-order valence-electron chi connectivity index (χ1n) is 12.8. The van der Waals surface area contributed by atoms with Crippen LogP contribution in [-0.4, -0.2) is 37.2 Å². The molecule has 0 saturated heterocycles. The van der Waals surface area contributed by atoms with Crippen LogP contribution < -0.4 is 10.3 Å². The second-order valence-corrected chi connectivity index (χ2v) is 10.1. The van der Waals surface area contributed by atoms with Gasteiger partial charge >= 0.3 is 0 Å². The summed E-state index contributed by atoms with van der Waals surface area (Å²) in [4.78, 5) is 18.8. The third-order valence-electron chi connectivity index (χ3n) is 7.15. The fraction of sp³-hybridized carbons (Fsp3) is 0.310. The number of ether oxygens (including phenoxy) is 1. The molecule has 0 radical (unpaired) electrons. The van der Waals surface area contributed by atoms with Crippen LogP contribution >= 0.6 is 0 Å². The molecule has 10 heteroatoms. The van der Waals surface area contributed by atoms with Gasteiger partial charge in [-0.25, -0.2) is 9.07 Å². The van der Waals surface area contributed by atoms with Gasteiger partial charge in [0.15, 0.2) is 5.82 Å². The smallest absolute Gasteiger partial charge is 0.253 e. The summed E-state index contributed by atoms with van der Waals surface area (Å²) in [6.07, 6.45) is 2.37.